The highest BCUT2D eigenvalue weighted by Crippen LogP contribution is 2.26. The molecule has 20 heavy (non-hydrogen) atoms. The SMILES string of the molecule is CCC(C)c1ccccc1C(CNC(=O)CCCl)NC. The van der Waals surface area contributed by atoms with Crippen LogP contribution >= 0.6 is 11.6 Å². The predicted molar refractivity (Wildman–Crippen MR) is 85.3 cm³/mol. The van der Waals surface area contributed by atoms with E-state index in [1.54, 1.807) is 0 Å². The number of hydrogen-bond acceptors (Lipinski definition) is 2. The average molecular weight is 297 g/mol. The zero-order valence-electron chi connectivity index (χ0n) is 12.6. The van der Waals surface area contributed by atoms with Crippen molar-refractivity contribution in [2.45, 2.75) is 38.6 Å². The van der Waals surface area contributed by atoms with E-state index in [-0.39, 0.29) is 11.9 Å². The number of carbonyl (C=O) groups is 1. The summed E-state index contributed by atoms with van der Waals surface area (Å²) in [5.74, 6) is 0.876. The van der Waals surface area contributed by atoms with Gasteiger partial charge in [0.1, 0.15) is 0 Å². The van der Waals surface area contributed by atoms with Gasteiger partial charge in [0.25, 0.3) is 0 Å². The minimum absolute atomic E-state index is 0.00118. The van der Waals surface area contributed by atoms with Crippen molar-refractivity contribution in [2.24, 2.45) is 0 Å². The number of benzene rings is 1. The van der Waals surface area contributed by atoms with Gasteiger partial charge in [0.05, 0.1) is 0 Å². The molecule has 0 radical (unpaired) electrons. The van der Waals surface area contributed by atoms with E-state index in [9.17, 15) is 4.79 Å². The molecule has 0 saturated carbocycles. The summed E-state index contributed by atoms with van der Waals surface area (Å²) in [4.78, 5) is 11.5. The van der Waals surface area contributed by atoms with Gasteiger partial charge in [-0.3, -0.25) is 4.79 Å². The largest absolute Gasteiger partial charge is 0.354 e. The van der Waals surface area contributed by atoms with Crippen LogP contribution in [0.2, 0.25) is 0 Å². The van der Waals surface area contributed by atoms with Crippen LogP contribution < -0.4 is 10.6 Å². The Morgan fingerprint density at radius 2 is 1.95 bits per heavy atom. The van der Waals surface area contributed by atoms with E-state index in [0.717, 1.165) is 6.42 Å². The zero-order valence-corrected chi connectivity index (χ0v) is 13.3. The average Bonchev–Trinajstić information content (AvgIpc) is 2.48. The molecule has 1 amide bonds. The molecule has 0 fully saturated rings. The summed E-state index contributed by atoms with van der Waals surface area (Å²) in [7, 11) is 1.92. The Kier molecular flexibility index (Phi) is 7.63. The van der Waals surface area contributed by atoms with Gasteiger partial charge < -0.3 is 10.6 Å². The maximum Gasteiger partial charge on any atom is 0.221 e. The Hall–Kier alpha value is -1.06. The Morgan fingerprint density at radius 1 is 1.30 bits per heavy atom. The van der Waals surface area contributed by atoms with Gasteiger partial charge in [-0.05, 0) is 30.5 Å². The second-order valence-electron chi connectivity index (χ2n) is 5.02. The Bertz CT molecular complexity index is 423. The summed E-state index contributed by atoms with van der Waals surface area (Å²) in [5, 5.41) is 6.22. The Labute approximate surface area is 127 Å². The summed E-state index contributed by atoms with van der Waals surface area (Å²) < 4.78 is 0. The van der Waals surface area contributed by atoms with Gasteiger partial charge in [0.2, 0.25) is 5.91 Å². The standard InChI is InChI=1S/C16H25ClN2O/c1-4-12(2)13-7-5-6-8-14(13)15(18-3)11-19-16(20)9-10-17/h5-8,12,15,18H,4,9-11H2,1-3H3,(H,19,20). The van der Waals surface area contributed by atoms with Crippen molar-refractivity contribution in [1.82, 2.24) is 10.6 Å². The van der Waals surface area contributed by atoms with Crippen LogP contribution in [-0.2, 0) is 4.79 Å². The van der Waals surface area contributed by atoms with Crippen LogP contribution in [0.4, 0.5) is 0 Å². The third kappa shape index (κ3) is 4.80. The first-order valence-corrected chi connectivity index (χ1v) is 7.76. The number of halogens is 1. The topological polar surface area (TPSA) is 41.1 Å². The molecule has 1 aromatic rings. The number of amides is 1. The third-order valence-corrected chi connectivity index (χ3v) is 3.88. The first-order chi connectivity index (χ1) is 9.63. The lowest BCUT2D eigenvalue weighted by atomic mass is 9.90. The van der Waals surface area contributed by atoms with Gasteiger partial charge in [0.15, 0.2) is 0 Å². The zero-order chi connectivity index (χ0) is 15.0. The van der Waals surface area contributed by atoms with Crippen molar-refractivity contribution in [2.75, 3.05) is 19.5 Å². The van der Waals surface area contributed by atoms with Gasteiger partial charge >= 0.3 is 0 Å². The number of rotatable bonds is 8. The molecule has 0 aromatic heterocycles. The van der Waals surface area contributed by atoms with E-state index in [1.807, 2.05) is 13.1 Å². The highest BCUT2D eigenvalue weighted by molar-refractivity contribution is 6.18. The van der Waals surface area contributed by atoms with Crippen LogP contribution in [0.15, 0.2) is 24.3 Å². The molecule has 112 valence electrons. The summed E-state index contributed by atoms with van der Waals surface area (Å²) in [6.45, 7) is 5.01. The van der Waals surface area contributed by atoms with E-state index >= 15 is 0 Å². The van der Waals surface area contributed by atoms with Crippen molar-refractivity contribution in [3.05, 3.63) is 35.4 Å². The molecule has 0 spiro atoms. The van der Waals surface area contributed by atoms with E-state index in [4.69, 9.17) is 11.6 Å². The molecular weight excluding hydrogens is 272 g/mol. The fraction of sp³-hybridized carbons (Fsp3) is 0.562. The monoisotopic (exact) mass is 296 g/mol. The lowest BCUT2D eigenvalue weighted by molar-refractivity contribution is -0.120. The lowest BCUT2D eigenvalue weighted by Crippen LogP contribution is -2.34. The number of hydrogen-bond donors (Lipinski definition) is 2. The number of alkyl halides is 1. The van der Waals surface area contributed by atoms with Crippen molar-refractivity contribution >= 4 is 17.5 Å². The minimum Gasteiger partial charge on any atom is -0.354 e. The van der Waals surface area contributed by atoms with Crippen LogP contribution in [0.1, 0.15) is 49.8 Å². The maximum atomic E-state index is 11.5. The summed E-state index contributed by atoms with van der Waals surface area (Å²) in [6, 6.07) is 8.56. The highest BCUT2D eigenvalue weighted by Gasteiger charge is 2.16. The molecule has 2 atom stereocenters. The first kappa shape index (κ1) is 17.0. The second kappa shape index (κ2) is 8.98. The van der Waals surface area contributed by atoms with Crippen LogP contribution in [-0.4, -0.2) is 25.4 Å². The van der Waals surface area contributed by atoms with Crippen molar-refractivity contribution < 1.29 is 4.79 Å². The number of carbonyl (C=O) groups excluding carboxylic acids is 1. The molecule has 0 bridgehead atoms. The maximum absolute atomic E-state index is 11.5. The molecule has 0 saturated heterocycles. The fourth-order valence-electron chi connectivity index (χ4n) is 2.25. The molecule has 3 nitrogen and oxygen atoms in total. The summed E-state index contributed by atoms with van der Waals surface area (Å²) in [6.07, 6.45) is 1.47. The Balaban J connectivity index is 2.81. The van der Waals surface area contributed by atoms with Crippen molar-refractivity contribution in [3.63, 3.8) is 0 Å². The van der Waals surface area contributed by atoms with E-state index < -0.39 is 0 Å². The second-order valence-corrected chi connectivity index (χ2v) is 5.40. The lowest BCUT2D eigenvalue weighted by Gasteiger charge is -2.23. The molecule has 1 aromatic carbocycles. The quantitative estimate of drug-likeness (QED) is 0.723. The molecule has 2 unspecified atom stereocenters. The van der Waals surface area contributed by atoms with Crippen LogP contribution in [0, 0.1) is 0 Å². The number of likely N-dealkylation sites (N-methyl/N-ethyl adjacent to an activating group) is 1. The molecule has 2 N–H and O–H groups in total. The van der Waals surface area contributed by atoms with Crippen molar-refractivity contribution in [3.8, 4) is 0 Å². The molecule has 1 rings (SSSR count). The predicted octanol–water partition coefficient (Wildman–Crippen LogP) is 3.21. The van der Waals surface area contributed by atoms with Crippen LogP contribution in [0.5, 0.6) is 0 Å². The molecule has 0 aliphatic carbocycles. The van der Waals surface area contributed by atoms with Gasteiger partial charge in [-0.25, -0.2) is 0 Å². The fourth-order valence-corrected chi connectivity index (χ4v) is 2.43. The molecular formula is C16H25ClN2O. The van der Waals surface area contributed by atoms with E-state index in [2.05, 4.69) is 42.7 Å². The normalized spacial score (nSPS) is 13.8. The van der Waals surface area contributed by atoms with E-state index in [1.165, 1.54) is 11.1 Å². The van der Waals surface area contributed by atoms with Gasteiger partial charge in [-0.1, -0.05) is 38.1 Å². The third-order valence-electron chi connectivity index (χ3n) is 3.69. The Morgan fingerprint density at radius 3 is 2.50 bits per heavy atom. The molecule has 4 heteroatoms. The summed E-state index contributed by atoms with van der Waals surface area (Å²) >= 11 is 5.57. The molecule has 0 heterocycles. The first-order valence-electron chi connectivity index (χ1n) is 7.22. The van der Waals surface area contributed by atoms with Gasteiger partial charge in [-0.2, -0.15) is 0 Å². The smallest absolute Gasteiger partial charge is 0.221 e. The minimum atomic E-state index is 0.00118. The highest BCUT2D eigenvalue weighted by atomic mass is 35.5. The van der Waals surface area contributed by atoms with Crippen molar-refractivity contribution in [1.29, 1.82) is 0 Å². The molecule has 0 aliphatic heterocycles. The van der Waals surface area contributed by atoms with Crippen LogP contribution in [0.3, 0.4) is 0 Å². The van der Waals surface area contributed by atoms with Gasteiger partial charge in [-0.15, -0.1) is 11.6 Å². The van der Waals surface area contributed by atoms with Crippen LogP contribution in [0.25, 0.3) is 0 Å². The molecule has 0 aliphatic rings. The van der Waals surface area contributed by atoms with E-state index in [0.29, 0.717) is 24.8 Å². The van der Waals surface area contributed by atoms with Gasteiger partial charge in [0, 0.05) is 24.9 Å². The number of nitrogens with one attached hydrogen (secondary N) is 2. The summed E-state index contributed by atoms with van der Waals surface area (Å²) in [5.41, 5.74) is 2.61.